The highest BCUT2D eigenvalue weighted by Gasteiger charge is 2.17. The number of hydrogen-bond donors (Lipinski definition) is 1. The van der Waals surface area contributed by atoms with E-state index in [0.717, 1.165) is 13.0 Å². The zero-order chi connectivity index (χ0) is 11.4. The Labute approximate surface area is 98.7 Å². The maximum Gasteiger partial charge on any atom is 0.0207 e. The molecule has 16 heavy (non-hydrogen) atoms. The van der Waals surface area contributed by atoms with Gasteiger partial charge in [0.25, 0.3) is 0 Å². The van der Waals surface area contributed by atoms with Crippen LogP contribution in [0.1, 0.15) is 17.5 Å². The smallest absolute Gasteiger partial charge is 0.0207 e. The molecule has 2 heteroatoms. The van der Waals surface area contributed by atoms with Crippen LogP contribution < -0.4 is 5.32 Å². The molecule has 1 heterocycles. The van der Waals surface area contributed by atoms with Crippen molar-refractivity contribution in [2.45, 2.75) is 25.8 Å². The van der Waals surface area contributed by atoms with Crippen LogP contribution in [0.15, 0.2) is 24.3 Å². The molecule has 1 aromatic rings. The molecule has 0 saturated carbocycles. The minimum Gasteiger partial charge on any atom is -0.312 e. The number of hydrogen-bond acceptors (Lipinski definition) is 2. The van der Waals surface area contributed by atoms with E-state index in [1.807, 2.05) is 0 Å². The number of likely N-dealkylation sites (tertiary alicyclic amines) is 1. The first-order valence-electron chi connectivity index (χ1n) is 6.22. The summed E-state index contributed by atoms with van der Waals surface area (Å²) in [7, 11) is 2.20. The summed E-state index contributed by atoms with van der Waals surface area (Å²) in [4.78, 5) is 2.39. The fourth-order valence-corrected chi connectivity index (χ4v) is 2.40. The number of nitrogens with zero attached hydrogens (tertiary/aromatic N) is 1. The first-order chi connectivity index (χ1) is 7.75. The van der Waals surface area contributed by atoms with Crippen molar-refractivity contribution in [3.8, 4) is 0 Å². The molecule has 1 unspecified atom stereocenters. The predicted octanol–water partition coefficient (Wildman–Crippen LogP) is 1.83. The molecular weight excluding hydrogens is 196 g/mol. The first-order valence-corrected chi connectivity index (χ1v) is 6.22. The monoisotopic (exact) mass is 218 g/mol. The number of likely N-dealkylation sites (N-methyl/N-ethyl adjacent to an activating group) is 1. The molecule has 2 rings (SSSR count). The third-order valence-electron chi connectivity index (χ3n) is 3.48. The molecule has 0 spiro atoms. The third kappa shape index (κ3) is 3.06. The molecule has 1 aliphatic rings. The number of benzene rings is 1. The van der Waals surface area contributed by atoms with E-state index < -0.39 is 0 Å². The van der Waals surface area contributed by atoms with Crippen molar-refractivity contribution in [3.63, 3.8) is 0 Å². The molecule has 0 radical (unpaired) electrons. The van der Waals surface area contributed by atoms with E-state index in [9.17, 15) is 0 Å². The summed E-state index contributed by atoms with van der Waals surface area (Å²) in [5, 5.41) is 3.65. The van der Waals surface area contributed by atoms with Gasteiger partial charge in [0.1, 0.15) is 0 Å². The van der Waals surface area contributed by atoms with Gasteiger partial charge in [-0.05, 0) is 51.0 Å². The first kappa shape index (κ1) is 11.6. The van der Waals surface area contributed by atoms with Crippen LogP contribution in [0.2, 0.25) is 0 Å². The van der Waals surface area contributed by atoms with Gasteiger partial charge >= 0.3 is 0 Å². The fraction of sp³-hybridized carbons (Fsp3) is 0.571. The van der Waals surface area contributed by atoms with Crippen LogP contribution in [-0.4, -0.2) is 37.6 Å². The molecule has 1 atom stereocenters. The van der Waals surface area contributed by atoms with Crippen molar-refractivity contribution in [2.24, 2.45) is 0 Å². The van der Waals surface area contributed by atoms with E-state index in [0.29, 0.717) is 6.04 Å². The summed E-state index contributed by atoms with van der Waals surface area (Å²) in [5.41, 5.74) is 2.88. The van der Waals surface area contributed by atoms with Gasteiger partial charge in [0.2, 0.25) is 0 Å². The minimum atomic E-state index is 0.703. The number of nitrogens with one attached hydrogen (secondary N) is 1. The van der Waals surface area contributed by atoms with Gasteiger partial charge in [-0.2, -0.15) is 0 Å². The van der Waals surface area contributed by atoms with Crippen molar-refractivity contribution in [1.82, 2.24) is 10.2 Å². The van der Waals surface area contributed by atoms with Crippen LogP contribution >= 0.6 is 0 Å². The number of rotatable bonds is 4. The van der Waals surface area contributed by atoms with Gasteiger partial charge in [-0.3, -0.25) is 0 Å². The zero-order valence-corrected chi connectivity index (χ0v) is 10.4. The highest BCUT2D eigenvalue weighted by molar-refractivity contribution is 5.25. The molecule has 1 aromatic carbocycles. The Kier molecular flexibility index (Phi) is 3.97. The zero-order valence-electron chi connectivity index (χ0n) is 10.4. The Morgan fingerprint density at radius 1 is 1.38 bits per heavy atom. The van der Waals surface area contributed by atoms with Crippen molar-refractivity contribution < 1.29 is 0 Å². The molecule has 1 fully saturated rings. The molecule has 1 saturated heterocycles. The second kappa shape index (κ2) is 5.46. The SMILES string of the molecule is Cc1ccccc1CCNC1CCN(C)C1. The predicted molar refractivity (Wildman–Crippen MR) is 68.8 cm³/mol. The van der Waals surface area contributed by atoms with Crippen LogP contribution in [0, 0.1) is 6.92 Å². The lowest BCUT2D eigenvalue weighted by Crippen LogP contribution is -2.33. The average Bonchev–Trinajstić information content (AvgIpc) is 2.67. The molecule has 88 valence electrons. The van der Waals surface area contributed by atoms with E-state index in [4.69, 9.17) is 0 Å². The van der Waals surface area contributed by atoms with E-state index >= 15 is 0 Å². The summed E-state index contributed by atoms with van der Waals surface area (Å²) in [5.74, 6) is 0. The molecule has 0 aromatic heterocycles. The Hall–Kier alpha value is -0.860. The maximum atomic E-state index is 3.65. The summed E-state index contributed by atoms with van der Waals surface area (Å²) in [6.07, 6.45) is 2.44. The van der Waals surface area contributed by atoms with Crippen molar-refractivity contribution in [3.05, 3.63) is 35.4 Å². The van der Waals surface area contributed by atoms with E-state index in [1.54, 1.807) is 0 Å². The van der Waals surface area contributed by atoms with Gasteiger partial charge in [0.05, 0.1) is 0 Å². The van der Waals surface area contributed by atoms with Gasteiger partial charge in [0, 0.05) is 12.6 Å². The molecule has 1 aliphatic heterocycles. The summed E-state index contributed by atoms with van der Waals surface area (Å²) >= 11 is 0. The Balaban J connectivity index is 1.74. The molecule has 2 nitrogen and oxygen atoms in total. The Morgan fingerprint density at radius 3 is 2.88 bits per heavy atom. The second-order valence-electron chi connectivity index (χ2n) is 4.88. The highest BCUT2D eigenvalue weighted by atomic mass is 15.2. The standard InChI is InChI=1S/C14H22N2/c1-12-5-3-4-6-13(12)7-9-15-14-8-10-16(2)11-14/h3-6,14-15H,7-11H2,1-2H3. The maximum absolute atomic E-state index is 3.65. The minimum absolute atomic E-state index is 0.703. The van der Waals surface area contributed by atoms with E-state index in [1.165, 1.54) is 30.6 Å². The summed E-state index contributed by atoms with van der Waals surface area (Å²) in [6, 6.07) is 9.37. The van der Waals surface area contributed by atoms with E-state index in [2.05, 4.69) is 48.5 Å². The lowest BCUT2D eigenvalue weighted by molar-refractivity contribution is 0.398. The van der Waals surface area contributed by atoms with Gasteiger partial charge in [0.15, 0.2) is 0 Å². The highest BCUT2D eigenvalue weighted by Crippen LogP contribution is 2.09. The topological polar surface area (TPSA) is 15.3 Å². The lowest BCUT2D eigenvalue weighted by Gasteiger charge is -2.13. The third-order valence-corrected chi connectivity index (χ3v) is 3.48. The summed E-state index contributed by atoms with van der Waals surface area (Å²) < 4.78 is 0. The van der Waals surface area contributed by atoms with Crippen molar-refractivity contribution in [2.75, 3.05) is 26.7 Å². The van der Waals surface area contributed by atoms with Crippen LogP contribution in [-0.2, 0) is 6.42 Å². The molecule has 0 bridgehead atoms. The average molecular weight is 218 g/mol. The Morgan fingerprint density at radius 2 is 2.19 bits per heavy atom. The van der Waals surface area contributed by atoms with Gasteiger partial charge in [-0.1, -0.05) is 24.3 Å². The molecule has 1 N–H and O–H groups in total. The number of aryl methyl sites for hydroxylation is 1. The van der Waals surface area contributed by atoms with Crippen LogP contribution in [0.4, 0.5) is 0 Å². The normalized spacial score (nSPS) is 21.5. The Bertz CT molecular complexity index is 335. The quantitative estimate of drug-likeness (QED) is 0.829. The van der Waals surface area contributed by atoms with Crippen LogP contribution in [0.25, 0.3) is 0 Å². The van der Waals surface area contributed by atoms with Crippen LogP contribution in [0.5, 0.6) is 0 Å². The van der Waals surface area contributed by atoms with Crippen molar-refractivity contribution >= 4 is 0 Å². The van der Waals surface area contributed by atoms with Crippen molar-refractivity contribution in [1.29, 1.82) is 0 Å². The van der Waals surface area contributed by atoms with Gasteiger partial charge in [-0.25, -0.2) is 0 Å². The fourth-order valence-electron chi connectivity index (χ4n) is 2.40. The van der Waals surface area contributed by atoms with Crippen LogP contribution in [0.3, 0.4) is 0 Å². The van der Waals surface area contributed by atoms with E-state index in [-0.39, 0.29) is 0 Å². The molecular formula is C14H22N2. The van der Waals surface area contributed by atoms with Gasteiger partial charge in [-0.15, -0.1) is 0 Å². The molecule has 0 amide bonds. The summed E-state index contributed by atoms with van der Waals surface area (Å²) in [6.45, 7) is 5.73. The molecule has 0 aliphatic carbocycles. The largest absolute Gasteiger partial charge is 0.312 e. The second-order valence-corrected chi connectivity index (χ2v) is 4.88. The van der Waals surface area contributed by atoms with Gasteiger partial charge < -0.3 is 10.2 Å². The lowest BCUT2D eigenvalue weighted by atomic mass is 10.1.